The summed E-state index contributed by atoms with van der Waals surface area (Å²) in [5, 5.41) is 10.9. The van der Waals surface area contributed by atoms with Crippen LogP contribution in [0.5, 0.6) is 0 Å². The number of nitro benzene ring substituents is 1. The Morgan fingerprint density at radius 3 is 1.56 bits per heavy atom. The molecule has 4 rings (SSSR count). The summed E-state index contributed by atoms with van der Waals surface area (Å²) in [5.41, 5.74) is 21.0. The summed E-state index contributed by atoms with van der Waals surface area (Å²) in [4.78, 5) is 19.8. The van der Waals surface area contributed by atoms with Gasteiger partial charge in [-0.25, -0.2) is 0 Å². The van der Waals surface area contributed by atoms with Gasteiger partial charge in [-0.2, -0.15) is 0 Å². The van der Waals surface area contributed by atoms with Crippen LogP contribution < -0.4 is 27.0 Å². The Morgan fingerprint density at radius 2 is 1.18 bits per heavy atom. The van der Waals surface area contributed by atoms with E-state index in [9.17, 15) is 10.1 Å². The molecule has 0 amide bonds. The van der Waals surface area contributed by atoms with Crippen LogP contribution in [-0.2, 0) is 9.47 Å². The lowest BCUT2D eigenvalue weighted by molar-refractivity contribution is -0.383. The van der Waals surface area contributed by atoms with Gasteiger partial charge in [-0.15, -0.1) is 0 Å². The molecule has 254 valence electrons. The molecule has 2 fully saturated rings. The Balaban J connectivity index is 0.000000308. The first-order valence-electron chi connectivity index (χ1n) is 15.9. The average Bonchev–Trinajstić information content (AvgIpc) is 3.01. The largest absolute Gasteiger partial charge is 0.397 e. The van der Waals surface area contributed by atoms with Crippen LogP contribution in [0.4, 0.5) is 34.1 Å². The van der Waals surface area contributed by atoms with E-state index < -0.39 is 4.92 Å². The van der Waals surface area contributed by atoms with E-state index in [0.29, 0.717) is 24.0 Å². The van der Waals surface area contributed by atoms with Gasteiger partial charge in [0.15, 0.2) is 0 Å². The molecule has 0 radical (unpaired) electrons. The zero-order valence-electron chi connectivity index (χ0n) is 27.4. The third kappa shape index (κ3) is 10.4. The van der Waals surface area contributed by atoms with Crippen molar-refractivity contribution in [2.75, 3.05) is 92.6 Å². The number of anilines is 5. The molecule has 2 heterocycles. The number of hydrogen-bond acceptors (Lipinski definition) is 11. The van der Waals surface area contributed by atoms with Crippen molar-refractivity contribution in [3.8, 4) is 0 Å². The van der Waals surface area contributed by atoms with E-state index in [0.717, 1.165) is 70.3 Å². The maximum Gasteiger partial charge on any atom is 0.292 e. The maximum atomic E-state index is 10.9. The Bertz CT molecular complexity index is 1190. The van der Waals surface area contributed by atoms with E-state index in [1.807, 2.05) is 18.2 Å². The monoisotopic (exact) mass is 630 g/mol. The minimum Gasteiger partial charge on any atom is -0.397 e. The van der Waals surface area contributed by atoms with Gasteiger partial charge in [0, 0.05) is 55.7 Å². The van der Waals surface area contributed by atoms with Crippen LogP contribution in [-0.4, -0.2) is 105 Å². The Kier molecular flexibility index (Phi) is 15.1. The highest BCUT2D eigenvalue weighted by molar-refractivity contribution is 5.70. The summed E-state index contributed by atoms with van der Waals surface area (Å²) in [6.07, 6.45) is 0.363. The zero-order valence-corrected chi connectivity index (χ0v) is 27.4. The molecule has 0 aromatic heterocycles. The van der Waals surface area contributed by atoms with Crippen molar-refractivity contribution in [3.05, 3.63) is 46.5 Å². The van der Waals surface area contributed by atoms with Gasteiger partial charge in [-0.1, -0.05) is 35.1 Å². The van der Waals surface area contributed by atoms with Crippen molar-refractivity contribution in [1.82, 2.24) is 9.80 Å². The van der Waals surface area contributed by atoms with Crippen molar-refractivity contribution in [2.45, 2.75) is 73.3 Å². The second-order valence-electron chi connectivity index (χ2n) is 11.7. The van der Waals surface area contributed by atoms with Crippen LogP contribution in [0.2, 0.25) is 0 Å². The van der Waals surface area contributed by atoms with Gasteiger partial charge in [0.1, 0.15) is 5.69 Å². The summed E-state index contributed by atoms with van der Waals surface area (Å²) in [6.45, 7) is 21.9. The summed E-state index contributed by atoms with van der Waals surface area (Å²) in [7, 11) is 0. The number of nitro groups is 1. The molecule has 2 aliphatic rings. The van der Waals surface area contributed by atoms with E-state index >= 15 is 0 Å². The topological polar surface area (TPSA) is 153 Å². The number of ether oxygens (including phenoxy) is 2. The van der Waals surface area contributed by atoms with Crippen LogP contribution in [0.3, 0.4) is 0 Å². The molecular weight excluding hydrogens is 572 g/mol. The van der Waals surface area contributed by atoms with E-state index in [1.54, 1.807) is 12.1 Å². The van der Waals surface area contributed by atoms with Crippen LogP contribution in [0.1, 0.15) is 49.0 Å². The molecule has 0 saturated carbocycles. The summed E-state index contributed by atoms with van der Waals surface area (Å²) in [5.74, 6) is 0. The number of benzene rings is 2. The number of nitrogens with two attached hydrogens (primary N) is 3. The van der Waals surface area contributed by atoms with Crippen molar-refractivity contribution >= 4 is 34.1 Å². The molecule has 2 aliphatic heterocycles. The number of nitrogen functional groups attached to an aromatic ring is 3. The van der Waals surface area contributed by atoms with E-state index in [1.165, 1.54) is 6.07 Å². The normalized spacial score (nSPS) is 21.7. The molecule has 2 saturated heterocycles. The first-order chi connectivity index (χ1) is 21.0. The summed E-state index contributed by atoms with van der Waals surface area (Å²) in [6, 6.07) is 11.4. The molecule has 0 unspecified atom stereocenters. The van der Waals surface area contributed by atoms with Crippen LogP contribution >= 0.6 is 0 Å². The molecule has 6 N–H and O–H groups in total. The second kappa shape index (κ2) is 18.0. The first-order valence-corrected chi connectivity index (χ1v) is 15.9. The molecular formula is C33H58N8O4. The smallest absolute Gasteiger partial charge is 0.292 e. The average molecular weight is 631 g/mol. The van der Waals surface area contributed by atoms with Gasteiger partial charge < -0.3 is 46.3 Å². The molecule has 0 spiro atoms. The highest BCUT2D eigenvalue weighted by Gasteiger charge is 2.29. The molecule has 2 aromatic carbocycles. The fourth-order valence-electron chi connectivity index (χ4n) is 5.74. The third-order valence-electron chi connectivity index (χ3n) is 8.67. The minimum absolute atomic E-state index is 0. The maximum absolute atomic E-state index is 10.9. The van der Waals surface area contributed by atoms with Gasteiger partial charge in [-0.3, -0.25) is 10.1 Å². The van der Waals surface area contributed by atoms with Gasteiger partial charge in [0.25, 0.3) is 5.69 Å². The fourth-order valence-corrected chi connectivity index (χ4v) is 5.74. The predicted octanol–water partition coefficient (Wildman–Crippen LogP) is 4.54. The van der Waals surface area contributed by atoms with Crippen LogP contribution in [0, 0.1) is 10.1 Å². The SMILES string of the molecule is C.CCN(CC)C[C@@H]1CN(c2ccc(N)c(N)c2)[C@@H](C)CO1.CCN(CC)C[C@@H]1CN(c2ccc([N+](=O)[O-])c(N)c2)[C@@H](C)CO1. The van der Waals surface area contributed by atoms with Crippen LogP contribution in [0.25, 0.3) is 0 Å². The lowest BCUT2D eigenvalue weighted by Gasteiger charge is -2.41. The second-order valence-corrected chi connectivity index (χ2v) is 11.7. The molecule has 45 heavy (non-hydrogen) atoms. The lowest BCUT2D eigenvalue weighted by Crippen LogP contribution is -2.52. The Morgan fingerprint density at radius 1 is 0.756 bits per heavy atom. The van der Waals surface area contributed by atoms with Crippen molar-refractivity contribution in [2.24, 2.45) is 0 Å². The minimum atomic E-state index is -0.453. The van der Waals surface area contributed by atoms with Crippen molar-refractivity contribution in [1.29, 1.82) is 0 Å². The predicted molar refractivity (Wildman–Crippen MR) is 188 cm³/mol. The number of morpholine rings is 2. The molecule has 4 atom stereocenters. The standard InChI is InChI=1S/C16H26N4O3.C16H28N4O.CH4/c1-4-18(5-2)9-14-10-19(12(3)11-23-14)13-6-7-16(20(21)22)15(17)8-13;1-4-19(5-2)9-14-10-20(12(3)11-21-14)13-6-7-15(17)16(18)8-13;/h6-8,12,14H,4-5,9-11,17H2,1-3H3;6-8,12,14H,4-5,9-11,17-18H2,1-3H3;1H4/t2*12-,14+;/m00./s1. The zero-order chi connectivity index (χ0) is 32.4. The first kappa shape index (κ1) is 37.9. The lowest BCUT2D eigenvalue weighted by atomic mass is 10.1. The van der Waals surface area contributed by atoms with E-state index in [-0.39, 0.29) is 37.1 Å². The Labute approximate surface area is 270 Å². The third-order valence-corrected chi connectivity index (χ3v) is 8.67. The highest BCUT2D eigenvalue weighted by atomic mass is 16.6. The molecule has 2 aromatic rings. The highest BCUT2D eigenvalue weighted by Crippen LogP contribution is 2.30. The summed E-state index contributed by atoms with van der Waals surface area (Å²) < 4.78 is 11.9. The van der Waals surface area contributed by atoms with Gasteiger partial charge in [0.05, 0.1) is 41.7 Å². The molecule has 12 nitrogen and oxygen atoms in total. The van der Waals surface area contributed by atoms with Crippen LogP contribution in [0.15, 0.2) is 36.4 Å². The molecule has 12 heteroatoms. The number of rotatable bonds is 11. The van der Waals surface area contributed by atoms with Gasteiger partial charge >= 0.3 is 0 Å². The fraction of sp³-hybridized carbons (Fsp3) is 0.636. The molecule has 0 aliphatic carbocycles. The Hall–Kier alpha value is -3.32. The van der Waals surface area contributed by atoms with E-state index in [4.69, 9.17) is 26.7 Å². The van der Waals surface area contributed by atoms with E-state index in [2.05, 4.69) is 61.1 Å². The van der Waals surface area contributed by atoms with Crippen molar-refractivity contribution in [3.63, 3.8) is 0 Å². The van der Waals surface area contributed by atoms with Crippen molar-refractivity contribution < 1.29 is 14.4 Å². The molecule has 0 bridgehead atoms. The van der Waals surface area contributed by atoms with Gasteiger partial charge in [-0.05, 0) is 70.4 Å². The number of hydrogen-bond donors (Lipinski definition) is 3. The summed E-state index contributed by atoms with van der Waals surface area (Å²) >= 11 is 0. The quantitative estimate of drug-likeness (QED) is 0.182. The number of nitrogens with zero attached hydrogens (tertiary/aromatic N) is 5. The number of likely N-dealkylation sites (N-methyl/N-ethyl adjacent to an activating group) is 2. The van der Waals surface area contributed by atoms with Gasteiger partial charge in [0.2, 0.25) is 0 Å².